The molecule has 0 bridgehead atoms. The minimum absolute atomic E-state index is 0.148. The standard InChI is InChI=1S/C24H31ClN6O2Si/c1-5-11-30-23(32)20-21(28-24(30)25)27-22(31(20)17-33-12-13-34(2,3)4)19-14-26-29(16-19)15-18-9-7-6-8-10-18/h6-10,14,16H,5,11-13,15,17H2,1-4H3. The van der Waals surface area contributed by atoms with Crippen molar-refractivity contribution < 1.29 is 4.74 Å². The molecule has 0 atom stereocenters. The average Bonchev–Trinajstić information content (AvgIpc) is 3.38. The number of hydrogen-bond acceptors (Lipinski definition) is 5. The van der Waals surface area contributed by atoms with Gasteiger partial charge < -0.3 is 4.74 Å². The van der Waals surface area contributed by atoms with Gasteiger partial charge in [-0.25, -0.2) is 4.98 Å². The molecule has 0 aliphatic heterocycles. The van der Waals surface area contributed by atoms with Crippen LogP contribution >= 0.6 is 11.6 Å². The molecule has 0 amide bonds. The highest BCUT2D eigenvalue weighted by Crippen LogP contribution is 2.24. The molecule has 34 heavy (non-hydrogen) atoms. The molecule has 0 aliphatic carbocycles. The van der Waals surface area contributed by atoms with E-state index in [1.165, 1.54) is 4.57 Å². The average molecular weight is 499 g/mol. The van der Waals surface area contributed by atoms with Crippen molar-refractivity contribution in [2.24, 2.45) is 0 Å². The van der Waals surface area contributed by atoms with Crippen molar-refractivity contribution in [2.45, 2.75) is 58.9 Å². The third-order valence-corrected chi connectivity index (χ3v) is 7.55. The van der Waals surface area contributed by atoms with Gasteiger partial charge in [0, 0.05) is 27.4 Å². The van der Waals surface area contributed by atoms with Crippen LogP contribution < -0.4 is 5.56 Å². The first-order valence-corrected chi connectivity index (χ1v) is 15.7. The molecule has 0 fully saturated rings. The summed E-state index contributed by atoms with van der Waals surface area (Å²) >= 11 is 6.33. The Morgan fingerprint density at radius 3 is 2.56 bits per heavy atom. The van der Waals surface area contributed by atoms with E-state index in [1.807, 2.05) is 36.0 Å². The largest absolute Gasteiger partial charge is 0.361 e. The number of nitrogens with zero attached hydrogens (tertiary/aromatic N) is 6. The quantitative estimate of drug-likeness (QED) is 0.177. The fraction of sp³-hybridized carbons (Fsp3) is 0.417. The number of hydrogen-bond donors (Lipinski definition) is 0. The zero-order valence-corrected chi connectivity index (χ0v) is 21.9. The third-order valence-electron chi connectivity index (χ3n) is 5.56. The van der Waals surface area contributed by atoms with E-state index in [4.69, 9.17) is 16.3 Å². The molecule has 0 aliphatic rings. The fourth-order valence-electron chi connectivity index (χ4n) is 3.72. The zero-order chi connectivity index (χ0) is 24.3. The lowest BCUT2D eigenvalue weighted by Crippen LogP contribution is -2.25. The van der Waals surface area contributed by atoms with Crippen LogP contribution in [0, 0.1) is 0 Å². The van der Waals surface area contributed by atoms with Gasteiger partial charge in [0.2, 0.25) is 5.28 Å². The molecular formula is C24H31ClN6O2Si. The van der Waals surface area contributed by atoms with Gasteiger partial charge in [0.25, 0.3) is 5.56 Å². The molecule has 180 valence electrons. The summed E-state index contributed by atoms with van der Waals surface area (Å²) < 4.78 is 11.2. The van der Waals surface area contributed by atoms with E-state index >= 15 is 0 Å². The predicted octanol–water partition coefficient (Wildman–Crippen LogP) is 4.88. The first-order chi connectivity index (χ1) is 16.3. The molecule has 0 saturated heterocycles. The van der Waals surface area contributed by atoms with Crippen molar-refractivity contribution in [3.8, 4) is 11.4 Å². The van der Waals surface area contributed by atoms with Gasteiger partial charge >= 0.3 is 0 Å². The molecule has 0 radical (unpaired) electrons. The molecule has 0 spiro atoms. The highest BCUT2D eigenvalue weighted by molar-refractivity contribution is 6.76. The minimum atomic E-state index is -1.24. The second-order valence-corrected chi connectivity index (χ2v) is 15.6. The summed E-state index contributed by atoms with van der Waals surface area (Å²) in [6.45, 7) is 10.9. The van der Waals surface area contributed by atoms with E-state index in [0.717, 1.165) is 23.6 Å². The molecule has 10 heteroatoms. The number of fused-ring (bicyclic) bond motifs is 1. The third kappa shape index (κ3) is 5.48. The Labute approximate surface area is 205 Å². The molecule has 8 nitrogen and oxygen atoms in total. The first kappa shape index (κ1) is 24.4. The van der Waals surface area contributed by atoms with Crippen LogP contribution in [0.4, 0.5) is 0 Å². The van der Waals surface area contributed by atoms with E-state index in [-0.39, 0.29) is 17.6 Å². The summed E-state index contributed by atoms with van der Waals surface area (Å²) in [6.07, 6.45) is 4.46. The van der Waals surface area contributed by atoms with Crippen LogP contribution in [-0.2, 0) is 24.6 Å². The Morgan fingerprint density at radius 2 is 1.85 bits per heavy atom. The van der Waals surface area contributed by atoms with Gasteiger partial charge in [-0.15, -0.1) is 0 Å². The van der Waals surface area contributed by atoms with Crippen molar-refractivity contribution in [3.63, 3.8) is 0 Å². The van der Waals surface area contributed by atoms with Crippen molar-refractivity contribution in [3.05, 3.63) is 63.9 Å². The number of ether oxygens (including phenoxy) is 1. The lowest BCUT2D eigenvalue weighted by Gasteiger charge is -2.16. The molecule has 4 aromatic rings. The van der Waals surface area contributed by atoms with Crippen molar-refractivity contribution in [1.29, 1.82) is 0 Å². The minimum Gasteiger partial charge on any atom is -0.361 e. The Balaban J connectivity index is 1.73. The van der Waals surface area contributed by atoms with Crippen LogP contribution in [0.2, 0.25) is 31.0 Å². The van der Waals surface area contributed by atoms with Crippen LogP contribution in [0.15, 0.2) is 47.5 Å². The smallest absolute Gasteiger partial charge is 0.280 e. The normalized spacial score (nSPS) is 12.0. The molecule has 4 rings (SSSR count). The topological polar surface area (TPSA) is 79.8 Å². The van der Waals surface area contributed by atoms with Gasteiger partial charge in [0.1, 0.15) is 12.6 Å². The Bertz CT molecular complexity index is 1320. The van der Waals surface area contributed by atoms with Gasteiger partial charge in [-0.1, -0.05) is 56.9 Å². The molecule has 1 aromatic carbocycles. The second kappa shape index (κ2) is 10.2. The maximum Gasteiger partial charge on any atom is 0.280 e. The van der Waals surface area contributed by atoms with Crippen LogP contribution in [0.3, 0.4) is 0 Å². The lowest BCUT2D eigenvalue weighted by atomic mass is 10.2. The number of aromatic nitrogens is 6. The van der Waals surface area contributed by atoms with Crippen molar-refractivity contribution in [1.82, 2.24) is 28.9 Å². The summed E-state index contributed by atoms with van der Waals surface area (Å²) in [7, 11) is -1.24. The Morgan fingerprint density at radius 1 is 1.09 bits per heavy atom. The van der Waals surface area contributed by atoms with Gasteiger partial charge in [-0.2, -0.15) is 10.1 Å². The van der Waals surface area contributed by atoms with E-state index in [9.17, 15) is 4.79 Å². The van der Waals surface area contributed by atoms with E-state index in [1.54, 1.807) is 10.8 Å². The molecule has 0 N–H and O–H groups in total. The van der Waals surface area contributed by atoms with Crippen LogP contribution in [0.5, 0.6) is 0 Å². The van der Waals surface area contributed by atoms with E-state index in [2.05, 4.69) is 46.8 Å². The summed E-state index contributed by atoms with van der Waals surface area (Å²) in [5, 5.41) is 4.66. The monoisotopic (exact) mass is 498 g/mol. The van der Waals surface area contributed by atoms with Gasteiger partial charge in [0.05, 0.1) is 18.3 Å². The van der Waals surface area contributed by atoms with E-state index in [0.29, 0.717) is 36.7 Å². The predicted molar refractivity (Wildman–Crippen MR) is 138 cm³/mol. The zero-order valence-electron chi connectivity index (χ0n) is 20.2. The number of rotatable bonds is 10. The lowest BCUT2D eigenvalue weighted by molar-refractivity contribution is 0.0908. The highest BCUT2D eigenvalue weighted by atomic mass is 35.5. The van der Waals surface area contributed by atoms with E-state index < -0.39 is 8.07 Å². The Kier molecular flexibility index (Phi) is 7.35. The summed E-state index contributed by atoms with van der Waals surface area (Å²) in [4.78, 5) is 22.5. The molecule has 3 aromatic heterocycles. The highest BCUT2D eigenvalue weighted by Gasteiger charge is 2.21. The molecule has 0 unspecified atom stereocenters. The van der Waals surface area contributed by atoms with Crippen molar-refractivity contribution >= 4 is 30.8 Å². The molecule has 0 saturated carbocycles. The number of halogens is 1. The summed E-state index contributed by atoms with van der Waals surface area (Å²) in [5.74, 6) is 0.595. The molecular weight excluding hydrogens is 468 g/mol. The van der Waals surface area contributed by atoms with Gasteiger partial charge in [-0.3, -0.25) is 18.6 Å². The van der Waals surface area contributed by atoms with Crippen LogP contribution in [0.25, 0.3) is 22.6 Å². The van der Waals surface area contributed by atoms with Crippen molar-refractivity contribution in [2.75, 3.05) is 6.61 Å². The number of imidazole rings is 1. The summed E-state index contributed by atoms with van der Waals surface area (Å²) in [6, 6.07) is 11.2. The fourth-order valence-corrected chi connectivity index (χ4v) is 4.72. The van der Waals surface area contributed by atoms with Gasteiger partial charge in [0.15, 0.2) is 11.2 Å². The molecule has 3 heterocycles. The van der Waals surface area contributed by atoms with Crippen LogP contribution in [0.1, 0.15) is 18.9 Å². The van der Waals surface area contributed by atoms with Gasteiger partial charge in [-0.05, 0) is 29.6 Å². The Hall–Kier alpha value is -2.75. The maximum atomic E-state index is 13.4. The summed E-state index contributed by atoms with van der Waals surface area (Å²) in [5.41, 5.74) is 2.45. The number of benzene rings is 1. The second-order valence-electron chi connectivity index (χ2n) is 9.63. The maximum absolute atomic E-state index is 13.4. The SMILES string of the molecule is CCCn1c(Cl)nc2nc(-c3cnn(Cc4ccccc4)c3)n(COCC[Si](C)(C)C)c2c1=O. The first-order valence-electron chi connectivity index (χ1n) is 11.6. The van der Waals surface area contributed by atoms with Crippen LogP contribution in [-0.4, -0.2) is 43.6 Å².